The lowest BCUT2D eigenvalue weighted by Gasteiger charge is -2.03. The Morgan fingerprint density at radius 3 is 2.61 bits per heavy atom. The number of hydrogen-bond donors (Lipinski definition) is 1. The van der Waals surface area contributed by atoms with Gasteiger partial charge in [0.1, 0.15) is 0 Å². The van der Waals surface area contributed by atoms with E-state index in [9.17, 15) is 14.9 Å². The smallest absolute Gasteiger partial charge is 0.335 e. The first kappa shape index (κ1) is 11.8. The van der Waals surface area contributed by atoms with Gasteiger partial charge in [-0.2, -0.15) is 0 Å². The van der Waals surface area contributed by atoms with Gasteiger partial charge in [0, 0.05) is 12.1 Å². The first-order chi connectivity index (χ1) is 8.58. The summed E-state index contributed by atoms with van der Waals surface area (Å²) in [6.45, 7) is 0. The fourth-order valence-corrected chi connectivity index (χ4v) is 1.57. The molecule has 2 rings (SSSR count). The lowest BCUT2D eigenvalue weighted by atomic mass is 10.0. The van der Waals surface area contributed by atoms with Crippen LogP contribution in [0, 0.1) is 16.2 Å². The summed E-state index contributed by atoms with van der Waals surface area (Å²) in [4.78, 5) is 21.1. The molecule has 0 bridgehead atoms. The number of benzene rings is 2. The maximum Gasteiger partial charge on any atom is 0.335 e. The molecule has 0 saturated heterocycles. The van der Waals surface area contributed by atoms with Crippen molar-refractivity contribution < 1.29 is 14.8 Å². The van der Waals surface area contributed by atoms with Crippen molar-refractivity contribution in [2.45, 2.75) is 0 Å². The number of carboxylic acid groups (broad SMARTS) is 1. The van der Waals surface area contributed by atoms with Crippen molar-refractivity contribution in [2.24, 2.45) is 0 Å². The lowest BCUT2D eigenvalue weighted by Crippen LogP contribution is -1.99. The highest BCUT2D eigenvalue weighted by molar-refractivity contribution is 5.90. The van der Waals surface area contributed by atoms with E-state index in [4.69, 9.17) is 5.11 Å². The fourth-order valence-electron chi connectivity index (χ4n) is 1.57. The first-order valence-electron chi connectivity index (χ1n) is 5.08. The predicted molar refractivity (Wildman–Crippen MR) is 64.3 cm³/mol. The second kappa shape index (κ2) is 4.67. The number of non-ortho nitro benzene ring substituents is 1. The van der Waals surface area contributed by atoms with Crippen LogP contribution in [0.15, 0.2) is 42.5 Å². The number of nitro benzene ring substituents is 1. The molecule has 18 heavy (non-hydrogen) atoms. The van der Waals surface area contributed by atoms with Crippen LogP contribution in [0.2, 0.25) is 0 Å². The summed E-state index contributed by atoms with van der Waals surface area (Å²) in [5.74, 6) is -1.20. The molecule has 0 amide bonds. The third-order valence-electron chi connectivity index (χ3n) is 2.40. The summed E-state index contributed by atoms with van der Waals surface area (Å²) >= 11 is 0. The highest BCUT2D eigenvalue weighted by Crippen LogP contribution is 2.25. The number of carbonyl (C=O) groups is 1. The molecule has 0 aromatic heterocycles. The zero-order valence-corrected chi connectivity index (χ0v) is 9.16. The zero-order valence-electron chi connectivity index (χ0n) is 9.16. The molecule has 0 heterocycles. The number of aromatic carboxylic acids is 1. The van der Waals surface area contributed by atoms with Crippen molar-refractivity contribution in [3.63, 3.8) is 0 Å². The molecule has 0 aliphatic rings. The molecule has 2 aromatic rings. The van der Waals surface area contributed by atoms with E-state index in [1.165, 1.54) is 12.1 Å². The van der Waals surface area contributed by atoms with E-state index in [0.717, 1.165) is 6.07 Å². The molecule has 0 aliphatic heterocycles. The summed E-state index contributed by atoms with van der Waals surface area (Å²) in [7, 11) is 0. The largest absolute Gasteiger partial charge is 0.478 e. The fraction of sp³-hybridized carbons (Fsp3) is 0. The Labute approximate surface area is 102 Å². The van der Waals surface area contributed by atoms with Crippen LogP contribution in [-0.2, 0) is 0 Å². The molecular formula is C13H8NO4. The summed E-state index contributed by atoms with van der Waals surface area (Å²) in [6.07, 6.45) is 0. The number of hydrogen-bond acceptors (Lipinski definition) is 3. The van der Waals surface area contributed by atoms with Crippen LogP contribution in [0.25, 0.3) is 11.1 Å². The highest BCUT2D eigenvalue weighted by atomic mass is 16.6. The number of nitrogens with zero attached hydrogens (tertiary/aromatic N) is 1. The second-order valence-corrected chi connectivity index (χ2v) is 3.61. The topological polar surface area (TPSA) is 80.4 Å². The van der Waals surface area contributed by atoms with E-state index in [-0.39, 0.29) is 11.3 Å². The Morgan fingerprint density at radius 2 is 2.06 bits per heavy atom. The molecule has 89 valence electrons. The van der Waals surface area contributed by atoms with Crippen LogP contribution >= 0.6 is 0 Å². The molecule has 2 aromatic carbocycles. The zero-order chi connectivity index (χ0) is 13.1. The van der Waals surface area contributed by atoms with E-state index < -0.39 is 10.9 Å². The average Bonchev–Trinajstić information content (AvgIpc) is 2.39. The minimum Gasteiger partial charge on any atom is -0.478 e. The van der Waals surface area contributed by atoms with Crippen molar-refractivity contribution in [1.82, 2.24) is 0 Å². The molecule has 5 heteroatoms. The maximum atomic E-state index is 10.9. The monoisotopic (exact) mass is 242 g/mol. The van der Waals surface area contributed by atoms with Gasteiger partial charge in [-0.3, -0.25) is 10.1 Å². The SMILES string of the molecule is O=C(O)c1cc(-c2[c]cccc2)cc([N+](=O)[O-])c1. The third kappa shape index (κ3) is 2.35. The molecule has 0 unspecified atom stereocenters. The standard InChI is InChI=1S/C13H8NO4/c15-13(16)11-6-10(7-12(8-11)14(17)18)9-4-2-1-3-5-9/h1-4,6-8H,(H,15,16). The Kier molecular flexibility index (Phi) is 3.05. The molecular weight excluding hydrogens is 234 g/mol. The van der Waals surface area contributed by atoms with Crippen molar-refractivity contribution in [3.8, 4) is 11.1 Å². The van der Waals surface area contributed by atoms with Gasteiger partial charge in [-0.1, -0.05) is 24.3 Å². The van der Waals surface area contributed by atoms with E-state index in [1.807, 2.05) is 0 Å². The van der Waals surface area contributed by atoms with Crippen molar-refractivity contribution >= 4 is 11.7 Å². The van der Waals surface area contributed by atoms with Gasteiger partial charge in [0.05, 0.1) is 10.5 Å². The minimum atomic E-state index is -1.20. The van der Waals surface area contributed by atoms with Gasteiger partial charge < -0.3 is 5.11 Å². The van der Waals surface area contributed by atoms with E-state index >= 15 is 0 Å². The number of rotatable bonds is 3. The Bertz CT molecular complexity index is 575. The third-order valence-corrected chi connectivity index (χ3v) is 2.40. The van der Waals surface area contributed by atoms with Crippen molar-refractivity contribution in [2.75, 3.05) is 0 Å². The Hall–Kier alpha value is -2.69. The molecule has 1 radical (unpaired) electrons. The lowest BCUT2D eigenvalue weighted by molar-refractivity contribution is -0.384. The molecule has 0 spiro atoms. The van der Waals surface area contributed by atoms with Gasteiger partial charge in [0.2, 0.25) is 0 Å². The van der Waals surface area contributed by atoms with Crippen LogP contribution < -0.4 is 0 Å². The predicted octanol–water partition coefficient (Wildman–Crippen LogP) is 2.76. The van der Waals surface area contributed by atoms with Gasteiger partial charge in [0.25, 0.3) is 5.69 Å². The van der Waals surface area contributed by atoms with E-state index in [0.29, 0.717) is 11.1 Å². The van der Waals surface area contributed by atoms with Crippen LogP contribution in [0.1, 0.15) is 10.4 Å². The molecule has 0 fully saturated rings. The van der Waals surface area contributed by atoms with E-state index in [2.05, 4.69) is 6.07 Å². The average molecular weight is 242 g/mol. The van der Waals surface area contributed by atoms with Gasteiger partial charge in [0.15, 0.2) is 0 Å². The van der Waals surface area contributed by atoms with Crippen molar-refractivity contribution in [1.29, 1.82) is 0 Å². The summed E-state index contributed by atoms with van der Waals surface area (Å²) < 4.78 is 0. The molecule has 0 atom stereocenters. The normalized spacial score (nSPS) is 10.0. The molecule has 5 nitrogen and oxygen atoms in total. The first-order valence-corrected chi connectivity index (χ1v) is 5.08. The van der Waals surface area contributed by atoms with Crippen molar-refractivity contribution in [3.05, 3.63) is 64.2 Å². The van der Waals surface area contributed by atoms with Gasteiger partial charge in [-0.25, -0.2) is 4.79 Å². The molecule has 1 N–H and O–H groups in total. The van der Waals surface area contributed by atoms with Crippen LogP contribution in [0.3, 0.4) is 0 Å². The van der Waals surface area contributed by atoms with Crippen LogP contribution in [0.5, 0.6) is 0 Å². The Balaban J connectivity index is 2.61. The second-order valence-electron chi connectivity index (χ2n) is 3.61. The Morgan fingerprint density at radius 1 is 1.28 bits per heavy atom. The van der Waals surface area contributed by atoms with Gasteiger partial charge in [-0.05, 0) is 23.3 Å². The summed E-state index contributed by atoms with van der Waals surface area (Å²) in [5, 5.41) is 19.7. The molecule has 0 aliphatic carbocycles. The molecule has 0 saturated carbocycles. The summed E-state index contributed by atoms with van der Waals surface area (Å²) in [5.41, 5.74) is 0.713. The van der Waals surface area contributed by atoms with Crippen LogP contribution in [0.4, 0.5) is 5.69 Å². The van der Waals surface area contributed by atoms with Crippen LogP contribution in [-0.4, -0.2) is 16.0 Å². The number of nitro groups is 1. The van der Waals surface area contributed by atoms with Gasteiger partial charge >= 0.3 is 5.97 Å². The maximum absolute atomic E-state index is 10.9. The minimum absolute atomic E-state index is 0.114. The highest BCUT2D eigenvalue weighted by Gasteiger charge is 2.14. The number of carboxylic acids is 1. The quantitative estimate of drug-likeness (QED) is 0.662. The van der Waals surface area contributed by atoms with E-state index in [1.54, 1.807) is 24.3 Å². The van der Waals surface area contributed by atoms with Gasteiger partial charge in [-0.15, -0.1) is 0 Å². The summed E-state index contributed by atoms with van der Waals surface area (Å²) in [6, 6.07) is 13.6.